The molecule has 0 radical (unpaired) electrons. The van der Waals surface area contributed by atoms with Crippen molar-refractivity contribution in [1.82, 2.24) is 4.90 Å². The SMILES string of the molecule is COc1ccccc1CN1C(=O)C(=O)/C(=C(\O)c2ccc(Br)c(C)c2)C1c1ccc(OC(C)C)cc1. The Morgan fingerprint density at radius 3 is 2.39 bits per heavy atom. The Kier molecular flexibility index (Phi) is 7.50. The molecule has 1 fully saturated rings. The first-order valence-corrected chi connectivity index (χ1v) is 12.4. The number of halogens is 1. The second-order valence-electron chi connectivity index (χ2n) is 8.94. The van der Waals surface area contributed by atoms with E-state index in [2.05, 4.69) is 15.9 Å². The van der Waals surface area contributed by atoms with E-state index in [-0.39, 0.29) is 24.0 Å². The van der Waals surface area contributed by atoms with E-state index in [0.29, 0.717) is 22.6 Å². The van der Waals surface area contributed by atoms with Gasteiger partial charge in [0.15, 0.2) is 0 Å². The molecule has 3 aromatic rings. The zero-order chi connectivity index (χ0) is 26.0. The maximum atomic E-state index is 13.3. The van der Waals surface area contributed by atoms with Crippen molar-refractivity contribution < 1.29 is 24.2 Å². The average molecular weight is 550 g/mol. The third kappa shape index (κ3) is 5.02. The lowest BCUT2D eigenvalue weighted by atomic mass is 9.94. The van der Waals surface area contributed by atoms with Gasteiger partial charge in [-0.25, -0.2) is 0 Å². The zero-order valence-electron chi connectivity index (χ0n) is 20.6. The summed E-state index contributed by atoms with van der Waals surface area (Å²) in [5, 5.41) is 11.3. The van der Waals surface area contributed by atoms with E-state index in [0.717, 1.165) is 15.6 Å². The number of hydrogen-bond acceptors (Lipinski definition) is 5. The lowest BCUT2D eigenvalue weighted by Crippen LogP contribution is -2.29. The molecule has 0 saturated carbocycles. The molecule has 1 aliphatic heterocycles. The molecular weight excluding hydrogens is 522 g/mol. The van der Waals surface area contributed by atoms with Crippen LogP contribution in [-0.4, -0.2) is 34.9 Å². The molecule has 0 spiro atoms. The molecule has 1 heterocycles. The number of para-hydroxylation sites is 1. The van der Waals surface area contributed by atoms with Crippen LogP contribution in [0.1, 0.15) is 42.1 Å². The number of likely N-dealkylation sites (tertiary alicyclic amines) is 1. The third-order valence-corrected chi connectivity index (χ3v) is 6.96. The van der Waals surface area contributed by atoms with Gasteiger partial charge in [-0.3, -0.25) is 9.59 Å². The van der Waals surface area contributed by atoms with Gasteiger partial charge in [-0.15, -0.1) is 0 Å². The van der Waals surface area contributed by atoms with Gasteiger partial charge in [-0.1, -0.05) is 52.3 Å². The van der Waals surface area contributed by atoms with Crippen molar-refractivity contribution in [2.24, 2.45) is 0 Å². The standard InChI is InChI=1S/C29H28BrNO5/c1-17(2)36-22-12-9-19(10-13-22)26-25(27(32)20-11-14-23(30)18(3)15-20)28(33)29(34)31(26)16-21-7-5-6-8-24(21)35-4/h5-15,17,26,32H,16H2,1-4H3/b27-25-. The Hall–Kier alpha value is -3.58. The van der Waals surface area contributed by atoms with Crippen molar-refractivity contribution in [3.63, 3.8) is 0 Å². The molecular formula is C29H28BrNO5. The molecule has 0 aliphatic carbocycles. The van der Waals surface area contributed by atoms with Gasteiger partial charge in [-0.2, -0.15) is 0 Å². The van der Waals surface area contributed by atoms with Crippen LogP contribution in [-0.2, 0) is 16.1 Å². The van der Waals surface area contributed by atoms with Crippen LogP contribution in [0, 0.1) is 6.92 Å². The lowest BCUT2D eigenvalue weighted by molar-refractivity contribution is -0.140. The topological polar surface area (TPSA) is 76.1 Å². The van der Waals surface area contributed by atoms with Crippen LogP contribution in [0.4, 0.5) is 0 Å². The molecule has 3 aromatic carbocycles. The predicted molar refractivity (Wildman–Crippen MR) is 142 cm³/mol. The van der Waals surface area contributed by atoms with E-state index in [1.54, 1.807) is 19.2 Å². The number of benzene rings is 3. The smallest absolute Gasteiger partial charge is 0.295 e. The van der Waals surface area contributed by atoms with Gasteiger partial charge in [0.05, 0.1) is 31.4 Å². The quantitative estimate of drug-likeness (QED) is 0.216. The highest BCUT2D eigenvalue weighted by Crippen LogP contribution is 2.41. The van der Waals surface area contributed by atoms with E-state index < -0.39 is 17.7 Å². The first-order valence-electron chi connectivity index (χ1n) is 11.6. The molecule has 6 nitrogen and oxygen atoms in total. The molecule has 0 aromatic heterocycles. The minimum absolute atomic E-state index is 0.00711. The molecule has 1 atom stereocenters. The van der Waals surface area contributed by atoms with Gasteiger partial charge < -0.3 is 19.5 Å². The predicted octanol–water partition coefficient (Wildman–Crippen LogP) is 6.18. The van der Waals surface area contributed by atoms with Gasteiger partial charge in [-0.05, 0) is 62.2 Å². The summed E-state index contributed by atoms with van der Waals surface area (Å²) < 4.78 is 12.1. The summed E-state index contributed by atoms with van der Waals surface area (Å²) in [5.74, 6) is -0.320. The Balaban J connectivity index is 1.85. The van der Waals surface area contributed by atoms with Crippen LogP contribution in [0.15, 0.2) is 76.8 Å². The zero-order valence-corrected chi connectivity index (χ0v) is 22.2. The minimum Gasteiger partial charge on any atom is -0.507 e. The van der Waals surface area contributed by atoms with Crippen molar-refractivity contribution in [1.29, 1.82) is 0 Å². The molecule has 36 heavy (non-hydrogen) atoms. The molecule has 1 amide bonds. The number of rotatable bonds is 7. The number of aliphatic hydroxyl groups is 1. The summed E-state index contributed by atoms with van der Waals surface area (Å²) in [6.07, 6.45) is 0.00711. The van der Waals surface area contributed by atoms with Crippen LogP contribution in [0.25, 0.3) is 5.76 Å². The summed E-state index contributed by atoms with van der Waals surface area (Å²) in [4.78, 5) is 28.2. The first kappa shape index (κ1) is 25.5. The average Bonchev–Trinajstić information content (AvgIpc) is 3.10. The van der Waals surface area contributed by atoms with Crippen molar-refractivity contribution >= 4 is 33.4 Å². The van der Waals surface area contributed by atoms with Gasteiger partial charge in [0.1, 0.15) is 17.3 Å². The number of aliphatic hydroxyl groups excluding tert-OH is 1. The third-order valence-electron chi connectivity index (χ3n) is 6.07. The first-order chi connectivity index (χ1) is 17.2. The van der Waals surface area contributed by atoms with Crippen LogP contribution < -0.4 is 9.47 Å². The van der Waals surface area contributed by atoms with Crippen LogP contribution >= 0.6 is 15.9 Å². The molecule has 1 saturated heterocycles. The van der Waals surface area contributed by atoms with E-state index in [9.17, 15) is 14.7 Å². The number of carbonyl (C=O) groups is 2. The summed E-state index contributed by atoms with van der Waals surface area (Å²) in [6.45, 7) is 5.91. The van der Waals surface area contributed by atoms with Gasteiger partial charge >= 0.3 is 0 Å². The Bertz CT molecular complexity index is 1330. The maximum absolute atomic E-state index is 13.3. The van der Waals surface area contributed by atoms with E-state index in [1.165, 1.54) is 4.90 Å². The summed E-state index contributed by atoms with van der Waals surface area (Å²) >= 11 is 3.47. The van der Waals surface area contributed by atoms with Crippen LogP contribution in [0.3, 0.4) is 0 Å². The molecule has 186 valence electrons. The molecule has 0 bridgehead atoms. The highest BCUT2D eigenvalue weighted by Gasteiger charge is 2.46. The number of aryl methyl sites for hydroxylation is 1. The molecule has 1 unspecified atom stereocenters. The molecule has 4 rings (SSSR count). The highest BCUT2D eigenvalue weighted by molar-refractivity contribution is 9.10. The minimum atomic E-state index is -0.785. The Morgan fingerprint density at radius 2 is 1.75 bits per heavy atom. The highest BCUT2D eigenvalue weighted by atomic mass is 79.9. The van der Waals surface area contributed by atoms with Crippen molar-refractivity contribution in [3.05, 3.63) is 99.0 Å². The number of methoxy groups -OCH3 is 1. The van der Waals surface area contributed by atoms with Gasteiger partial charge in [0, 0.05) is 15.6 Å². The molecule has 1 aliphatic rings. The second-order valence-corrected chi connectivity index (χ2v) is 9.79. The van der Waals surface area contributed by atoms with Crippen molar-refractivity contribution in [2.45, 2.75) is 39.5 Å². The fourth-order valence-corrected chi connectivity index (χ4v) is 4.60. The second kappa shape index (κ2) is 10.6. The van der Waals surface area contributed by atoms with E-state index >= 15 is 0 Å². The van der Waals surface area contributed by atoms with Gasteiger partial charge in [0.25, 0.3) is 11.7 Å². The van der Waals surface area contributed by atoms with Crippen LogP contribution in [0.2, 0.25) is 0 Å². The number of Topliss-reactive ketones (excluding diaryl/α,β-unsaturated/α-hetero) is 1. The number of hydrogen-bond donors (Lipinski definition) is 1. The number of amides is 1. The summed E-state index contributed by atoms with van der Waals surface area (Å²) in [6, 6.07) is 19.1. The summed E-state index contributed by atoms with van der Waals surface area (Å²) in [7, 11) is 1.56. The fraction of sp³-hybridized carbons (Fsp3) is 0.241. The maximum Gasteiger partial charge on any atom is 0.295 e. The molecule has 7 heteroatoms. The van der Waals surface area contributed by atoms with E-state index in [4.69, 9.17) is 9.47 Å². The summed E-state index contributed by atoms with van der Waals surface area (Å²) in [5.41, 5.74) is 2.86. The monoisotopic (exact) mass is 549 g/mol. The number of nitrogens with zero attached hydrogens (tertiary/aromatic N) is 1. The molecule has 1 N–H and O–H groups in total. The van der Waals surface area contributed by atoms with Crippen molar-refractivity contribution in [3.8, 4) is 11.5 Å². The number of carbonyl (C=O) groups excluding carboxylic acids is 2. The van der Waals surface area contributed by atoms with E-state index in [1.807, 2.05) is 75.4 Å². The van der Waals surface area contributed by atoms with Gasteiger partial charge in [0.2, 0.25) is 0 Å². The largest absolute Gasteiger partial charge is 0.507 e. The van der Waals surface area contributed by atoms with Crippen molar-refractivity contribution in [2.75, 3.05) is 7.11 Å². The Morgan fingerprint density at radius 1 is 1.06 bits per heavy atom. The fourth-order valence-electron chi connectivity index (χ4n) is 4.36. The normalized spacial score (nSPS) is 17.1. The number of ketones is 1. The lowest BCUT2D eigenvalue weighted by Gasteiger charge is -2.26. The Labute approximate surface area is 219 Å². The number of ether oxygens (including phenoxy) is 2. The van der Waals surface area contributed by atoms with Crippen LogP contribution in [0.5, 0.6) is 11.5 Å².